The summed E-state index contributed by atoms with van der Waals surface area (Å²) in [6, 6.07) is 13.2. The maximum Gasteiger partial charge on any atom is 0.161 e. The number of ether oxygens (including phenoxy) is 2. The molecular weight excluding hydrogens is 334 g/mol. The van der Waals surface area contributed by atoms with Crippen LogP contribution in [0.4, 0.5) is 0 Å². The topological polar surface area (TPSA) is 50.7 Å². The number of rotatable bonds is 4. The van der Waals surface area contributed by atoms with E-state index in [1.165, 1.54) is 0 Å². The molecule has 0 saturated carbocycles. The highest BCUT2D eigenvalue weighted by Crippen LogP contribution is 2.30. The minimum Gasteiger partial charge on any atom is -0.507 e. The molecule has 5 heteroatoms. The molecular formula is C16H16BrNO3. The fourth-order valence-electron chi connectivity index (χ4n) is 2.20. The maximum atomic E-state index is 9.46. The Balaban J connectivity index is 1.51. The first kappa shape index (κ1) is 14.2. The van der Waals surface area contributed by atoms with Crippen LogP contribution in [-0.4, -0.2) is 24.4 Å². The van der Waals surface area contributed by atoms with Gasteiger partial charge >= 0.3 is 0 Å². The van der Waals surface area contributed by atoms with Crippen molar-refractivity contribution in [2.45, 2.75) is 12.6 Å². The van der Waals surface area contributed by atoms with E-state index in [9.17, 15) is 5.11 Å². The van der Waals surface area contributed by atoms with Crippen molar-refractivity contribution in [3.63, 3.8) is 0 Å². The summed E-state index contributed by atoms with van der Waals surface area (Å²) >= 11 is 3.31. The van der Waals surface area contributed by atoms with Gasteiger partial charge in [0.05, 0.1) is 4.47 Å². The summed E-state index contributed by atoms with van der Waals surface area (Å²) in [6.07, 6.45) is 0.000422. The Hall–Kier alpha value is -1.72. The molecule has 2 N–H and O–H groups in total. The number of fused-ring (bicyclic) bond motifs is 1. The van der Waals surface area contributed by atoms with Crippen molar-refractivity contribution in [1.29, 1.82) is 0 Å². The third-order valence-corrected chi connectivity index (χ3v) is 3.92. The van der Waals surface area contributed by atoms with Crippen molar-refractivity contribution in [2.75, 3.05) is 13.2 Å². The third-order valence-electron chi connectivity index (χ3n) is 3.28. The molecule has 110 valence electrons. The number of para-hydroxylation sites is 2. The fraction of sp³-hybridized carbons (Fsp3) is 0.250. The van der Waals surface area contributed by atoms with E-state index in [0.29, 0.717) is 24.2 Å². The quantitative estimate of drug-likeness (QED) is 0.890. The van der Waals surface area contributed by atoms with Gasteiger partial charge in [0.1, 0.15) is 18.5 Å². The normalized spacial score (nSPS) is 16.7. The van der Waals surface area contributed by atoms with Gasteiger partial charge in [-0.1, -0.05) is 18.2 Å². The lowest BCUT2D eigenvalue weighted by Gasteiger charge is -2.26. The second-order valence-corrected chi connectivity index (χ2v) is 5.77. The molecule has 0 aromatic heterocycles. The minimum atomic E-state index is 0.000422. The Morgan fingerprint density at radius 1 is 1.19 bits per heavy atom. The Kier molecular flexibility index (Phi) is 4.31. The van der Waals surface area contributed by atoms with Crippen LogP contribution in [-0.2, 0) is 6.54 Å². The zero-order chi connectivity index (χ0) is 14.7. The van der Waals surface area contributed by atoms with Crippen LogP contribution in [0.1, 0.15) is 5.56 Å². The molecule has 0 saturated heterocycles. The van der Waals surface area contributed by atoms with Crippen LogP contribution in [0.5, 0.6) is 17.2 Å². The largest absolute Gasteiger partial charge is 0.507 e. The van der Waals surface area contributed by atoms with E-state index >= 15 is 0 Å². The molecule has 0 aliphatic carbocycles. The number of halogens is 1. The maximum absolute atomic E-state index is 9.46. The summed E-state index contributed by atoms with van der Waals surface area (Å²) in [5, 5.41) is 12.8. The van der Waals surface area contributed by atoms with Gasteiger partial charge in [-0.05, 0) is 45.8 Å². The van der Waals surface area contributed by atoms with Crippen LogP contribution in [0.15, 0.2) is 46.9 Å². The molecule has 0 spiro atoms. The smallest absolute Gasteiger partial charge is 0.161 e. The summed E-state index contributed by atoms with van der Waals surface area (Å²) in [5.74, 6) is 1.85. The zero-order valence-electron chi connectivity index (χ0n) is 11.4. The van der Waals surface area contributed by atoms with Gasteiger partial charge in [-0.15, -0.1) is 0 Å². The first-order valence-corrected chi connectivity index (χ1v) is 7.58. The molecule has 0 bridgehead atoms. The molecule has 2 aromatic carbocycles. The Labute approximate surface area is 131 Å². The zero-order valence-corrected chi connectivity index (χ0v) is 13.0. The van der Waals surface area contributed by atoms with Gasteiger partial charge in [0, 0.05) is 13.1 Å². The summed E-state index contributed by atoms with van der Waals surface area (Å²) in [7, 11) is 0. The molecule has 2 aromatic rings. The van der Waals surface area contributed by atoms with Crippen LogP contribution in [0, 0.1) is 0 Å². The first-order chi connectivity index (χ1) is 10.2. The van der Waals surface area contributed by atoms with Crippen LogP contribution in [0.3, 0.4) is 0 Å². The molecule has 1 aliphatic heterocycles. The summed E-state index contributed by atoms with van der Waals surface area (Å²) in [5.41, 5.74) is 1.09. The van der Waals surface area contributed by atoms with Gasteiger partial charge in [-0.3, -0.25) is 0 Å². The van der Waals surface area contributed by atoms with E-state index < -0.39 is 0 Å². The number of phenolic OH excluding ortho intramolecular Hbond substituents is 1. The van der Waals surface area contributed by atoms with Gasteiger partial charge in [0.25, 0.3) is 0 Å². The SMILES string of the molecule is Oc1ccc(CNCC2COc3ccccc3O2)cc1Br. The standard InChI is InChI=1S/C16H16BrNO3/c17-13-7-11(5-6-14(13)19)8-18-9-12-10-20-15-3-1-2-4-16(15)21-12/h1-7,12,18-19H,8-10H2. The van der Waals surface area contributed by atoms with Gasteiger partial charge in [0.2, 0.25) is 0 Å². The lowest BCUT2D eigenvalue weighted by molar-refractivity contribution is 0.0902. The van der Waals surface area contributed by atoms with Gasteiger partial charge in [-0.25, -0.2) is 0 Å². The second kappa shape index (κ2) is 6.37. The van der Waals surface area contributed by atoms with Crippen LogP contribution < -0.4 is 14.8 Å². The van der Waals surface area contributed by atoms with Crippen molar-refractivity contribution in [1.82, 2.24) is 5.32 Å². The molecule has 4 nitrogen and oxygen atoms in total. The summed E-state index contributed by atoms with van der Waals surface area (Å²) < 4.78 is 12.2. The predicted molar refractivity (Wildman–Crippen MR) is 83.9 cm³/mol. The molecule has 1 unspecified atom stereocenters. The number of phenols is 1. The minimum absolute atomic E-state index is 0.000422. The van der Waals surface area contributed by atoms with Crippen molar-refractivity contribution in [2.24, 2.45) is 0 Å². The van der Waals surface area contributed by atoms with Crippen molar-refractivity contribution >= 4 is 15.9 Å². The fourth-order valence-corrected chi connectivity index (χ4v) is 2.63. The highest BCUT2D eigenvalue weighted by Gasteiger charge is 2.19. The Bertz CT molecular complexity index is 633. The molecule has 0 amide bonds. The lowest BCUT2D eigenvalue weighted by Crippen LogP contribution is -2.38. The second-order valence-electron chi connectivity index (χ2n) is 4.91. The van der Waals surface area contributed by atoms with E-state index in [4.69, 9.17) is 9.47 Å². The monoisotopic (exact) mass is 349 g/mol. The van der Waals surface area contributed by atoms with Gasteiger partial charge in [-0.2, -0.15) is 0 Å². The Morgan fingerprint density at radius 2 is 2.00 bits per heavy atom. The number of benzene rings is 2. The van der Waals surface area contributed by atoms with Crippen LogP contribution in [0.25, 0.3) is 0 Å². The van der Waals surface area contributed by atoms with E-state index in [1.54, 1.807) is 6.07 Å². The van der Waals surface area contributed by atoms with Gasteiger partial charge in [0.15, 0.2) is 11.5 Å². The summed E-state index contributed by atoms with van der Waals surface area (Å²) in [6.45, 7) is 1.95. The molecule has 0 fully saturated rings. The van der Waals surface area contributed by atoms with E-state index in [0.717, 1.165) is 17.1 Å². The van der Waals surface area contributed by atoms with Crippen LogP contribution >= 0.6 is 15.9 Å². The van der Waals surface area contributed by atoms with Crippen molar-refractivity contribution in [3.8, 4) is 17.2 Å². The van der Waals surface area contributed by atoms with Gasteiger partial charge < -0.3 is 19.9 Å². The highest BCUT2D eigenvalue weighted by molar-refractivity contribution is 9.10. The van der Waals surface area contributed by atoms with E-state index in [2.05, 4.69) is 21.2 Å². The first-order valence-electron chi connectivity index (χ1n) is 6.79. The molecule has 1 aliphatic rings. The van der Waals surface area contributed by atoms with Crippen molar-refractivity contribution in [3.05, 3.63) is 52.5 Å². The average Bonchev–Trinajstić information content (AvgIpc) is 2.51. The molecule has 1 atom stereocenters. The number of aromatic hydroxyl groups is 1. The van der Waals surface area contributed by atoms with E-state index in [-0.39, 0.29) is 11.9 Å². The average molecular weight is 350 g/mol. The molecule has 0 radical (unpaired) electrons. The van der Waals surface area contributed by atoms with Crippen molar-refractivity contribution < 1.29 is 14.6 Å². The molecule has 21 heavy (non-hydrogen) atoms. The Morgan fingerprint density at radius 3 is 2.81 bits per heavy atom. The van der Waals surface area contributed by atoms with Crippen LogP contribution in [0.2, 0.25) is 0 Å². The highest BCUT2D eigenvalue weighted by atomic mass is 79.9. The summed E-state index contributed by atoms with van der Waals surface area (Å²) in [4.78, 5) is 0. The molecule has 1 heterocycles. The third kappa shape index (κ3) is 3.49. The number of hydrogen-bond acceptors (Lipinski definition) is 4. The van der Waals surface area contributed by atoms with E-state index in [1.807, 2.05) is 36.4 Å². The predicted octanol–water partition coefficient (Wildman–Crippen LogP) is 3.08. The number of nitrogens with one attached hydrogen (secondary N) is 1. The number of hydrogen-bond donors (Lipinski definition) is 2. The molecule has 3 rings (SSSR count). The lowest BCUT2D eigenvalue weighted by atomic mass is 10.2.